The summed E-state index contributed by atoms with van der Waals surface area (Å²) in [6.07, 6.45) is 11.2. The largest absolute Gasteiger partial charge is 0.416 e. The standard InChI is InChI=1S/C23H19ClF4N6O2S.C23H19ClFN7O2S.C22H18F4N6O2S/c24-15-7-6-13(23(26,27)28)10-18(15)37(35,36)33-17-8-5-12(9-16(17)25)20-19-21(29)30-11-31-22(19)34(32-20)14-3-1-2-4-14;24-16-9-13(11-26)5-8-19(16)35(33,34)31-18-7-6-14(10-17(18)25)21-20-22(27)28-12-29-23(20)32(30-21)15-3-1-2-4-15;23-13-6-8-16(19(26)18(13)25)35(33,34)31-15-7-5-11(9-14(15)24)20-17-21(27)28-10-29-22(17)32(30-20)12-3-1-2-4-12/h5-11,14,33H,1-4H2,(H2,29,30,31);5-10,12,15,31H,1-4H2,(H2,27,28,29);5-10,12,31H,1-4H2,(H2,27,28,29). The van der Waals surface area contributed by atoms with Crippen LogP contribution < -0.4 is 31.4 Å². The van der Waals surface area contributed by atoms with E-state index in [-0.39, 0.29) is 62.3 Å². The van der Waals surface area contributed by atoms with Crippen molar-refractivity contribution in [3.8, 4) is 39.8 Å². The molecule has 3 aliphatic carbocycles. The molecule has 9 N–H and O–H groups in total. The monoisotopic (exact) mass is 1570 g/mol. The van der Waals surface area contributed by atoms with E-state index < -0.39 is 103 Å². The van der Waals surface area contributed by atoms with Gasteiger partial charge in [0.05, 0.1) is 78.6 Å². The van der Waals surface area contributed by atoms with Gasteiger partial charge in [0.1, 0.15) is 85.7 Å². The average Bonchev–Trinajstić information content (AvgIpc) is 1.64. The van der Waals surface area contributed by atoms with Crippen LogP contribution >= 0.6 is 23.2 Å². The molecule has 12 aromatic rings. The Kier molecular flexibility index (Phi) is 20.4. The van der Waals surface area contributed by atoms with Crippen molar-refractivity contribution in [2.24, 2.45) is 0 Å². The number of nitriles is 1. The number of halogens is 11. The highest BCUT2D eigenvalue weighted by Crippen LogP contribution is 2.43. The fraction of sp³-hybridized carbons (Fsp3) is 0.235. The van der Waals surface area contributed by atoms with Crippen LogP contribution in [0.1, 0.15) is 106 Å². The molecule has 0 unspecified atom stereocenters. The van der Waals surface area contributed by atoms with E-state index in [1.165, 1.54) is 61.4 Å². The Morgan fingerprint density at radius 2 is 0.794 bits per heavy atom. The summed E-state index contributed by atoms with van der Waals surface area (Å²) >= 11 is 11.9. The van der Waals surface area contributed by atoms with Crippen LogP contribution in [0.3, 0.4) is 0 Å². The molecule has 3 saturated carbocycles. The van der Waals surface area contributed by atoms with Gasteiger partial charge >= 0.3 is 6.18 Å². The average molecular weight is 1570 g/mol. The maximum Gasteiger partial charge on any atom is 0.416 e. The van der Waals surface area contributed by atoms with Crippen molar-refractivity contribution < 1.29 is 64.8 Å². The molecule has 107 heavy (non-hydrogen) atoms. The molecule has 6 aromatic carbocycles. The summed E-state index contributed by atoms with van der Waals surface area (Å²) < 4.78 is 213. The van der Waals surface area contributed by atoms with Gasteiger partial charge in [-0.1, -0.05) is 79.9 Å². The quantitative estimate of drug-likeness (QED) is 0.0410. The lowest BCUT2D eigenvalue weighted by Gasteiger charge is -2.13. The van der Waals surface area contributed by atoms with E-state index in [1.807, 2.05) is 20.2 Å². The van der Waals surface area contributed by atoms with Crippen molar-refractivity contribution in [1.29, 1.82) is 5.26 Å². The van der Waals surface area contributed by atoms with Crippen LogP contribution in [0.2, 0.25) is 10.0 Å². The van der Waals surface area contributed by atoms with Gasteiger partial charge in [0.25, 0.3) is 30.1 Å². The number of nitrogens with one attached hydrogen (secondary N) is 3. The van der Waals surface area contributed by atoms with Gasteiger partial charge in [0.2, 0.25) is 0 Å². The van der Waals surface area contributed by atoms with Gasteiger partial charge in [-0.15, -0.1) is 0 Å². The van der Waals surface area contributed by atoms with Gasteiger partial charge in [-0.25, -0.2) is 95.5 Å². The number of nitrogen functional groups attached to an aromatic ring is 3. The molecule has 3 aliphatic rings. The predicted molar refractivity (Wildman–Crippen MR) is 379 cm³/mol. The first-order valence-electron chi connectivity index (χ1n) is 32.6. The number of fused-ring (bicyclic) bond motifs is 3. The number of hydrogen-bond acceptors (Lipinski definition) is 19. The van der Waals surface area contributed by atoms with E-state index in [2.05, 4.69) is 44.8 Å². The molecule has 39 heteroatoms. The summed E-state index contributed by atoms with van der Waals surface area (Å²) in [6, 6.07) is 20.1. The second-order valence-corrected chi connectivity index (χ2v) is 30.8. The van der Waals surface area contributed by atoms with Crippen LogP contribution in [-0.4, -0.2) is 84.5 Å². The molecular weight excluding hydrogens is 1520 g/mol. The zero-order valence-electron chi connectivity index (χ0n) is 55.1. The van der Waals surface area contributed by atoms with Gasteiger partial charge in [0, 0.05) is 16.7 Å². The van der Waals surface area contributed by atoms with Crippen molar-refractivity contribution in [3.63, 3.8) is 0 Å². The molecule has 0 atom stereocenters. The molecule has 0 aliphatic heterocycles. The van der Waals surface area contributed by atoms with E-state index >= 15 is 8.78 Å². The maximum absolute atomic E-state index is 15.1. The third kappa shape index (κ3) is 14.9. The first kappa shape index (κ1) is 74.3. The third-order valence-corrected chi connectivity index (χ3v) is 23.3. The molecule has 3 fully saturated rings. The summed E-state index contributed by atoms with van der Waals surface area (Å²) in [5.41, 5.74) is 19.7. The summed E-state index contributed by atoms with van der Waals surface area (Å²) in [7, 11) is -13.6. The zero-order chi connectivity index (χ0) is 76.2. The topological polar surface area (TPSA) is 371 Å². The number of benzene rings is 6. The van der Waals surface area contributed by atoms with Crippen LogP contribution in [0.25, 0.3) is 66.9 Å². The lowest BCUT2D eigenvalue weighted by atomic mass is 10.1. The van der Waals surface area contributed by atoms with Crippen LogP contribution in [0.15, 0.2) is 137 Å². The highest BCUT2D eigenvalue weighted by atomic mass is 35.5. The lowest BCUT2D eigenvalue weighted by Crippen LogP contribution is -2.16. The Morgan fingerprint density at radius 1 is 0.430 bits per heavy atom. The minimum absolute atomic E-state index is 0.110. The Morgan fingerprint density at radius 3 is 1.15 bits per heavy atom. The molecule has 0 amide bonds. The Balaban J connectivity index is 0.000000142. The summed E-state index contributed by atoms with van der Waals surface area (Å²) in [5.74, 6) is -7.66. The van der Waals surface area contributed by atoms with Gasteiger partial charge in [-0.05, 0) is 123 Å². The molecule has 25 nitrogen and oxygen atoms in total. The Bertz CT molecular complexity index is 5930. The van der Waals surface area contributed by atoms with Crippen LogP contribution in [0.4, 0.5) is 74.0 Å². The van der Waals surface area contributed by atoms with Crippen LogP contribution in [0.5, 0.6) is 0 Å². The van der Waals surface area contributed by atoms with E-state index in [0.29, 0.717) is 85.6 Å². The summed E-state index contributed by atoms with van der Waals surface area (Å²) in [4.78, 5) is 22.8. The normalized spacial score (nSPS) is 14.6. The molecule has 15 rings (SSSR count). The molecule has 6 aromatic heterocycles. The zero-order valence-corrected chi connectivity index (χ0v) is 59.1. The lowest BCUT2D eigenvalue weighted by molar-refractivity contribution is -0.137. The first-order valence-corrected chi connectivity index (χ1v) is 37.8. The minimum Gasteiger partial charge on any atom is -0.383 e. The number of rotatable bonds is 15. The second-order valence-electron chi connectivity index (χ2n) is 25.0. The van der Waals surface area contributed by atoms with Gasteiger partial charge < -0.3 is 17.2 Å². The van der Waals surface area contributed by atoms with E-state index in [1.54, 1.807) is 15.4 Å². The molecule has 0 bridgehead atoms. The molecule has 554 valence electrons. The van der Waals surface area contributed by atoms with E-state index in [0.717, 1.165) is 107 Å². The van der Waals surface area contributed by atoms with Gasteiger partial charge in [-0.2, -0.15) is 33.7 Å². The molecule has 0 radical (unpaired) electrons. The third-order valence-electron chi connectivity index (χ3n) is 18.2. The fourth-order valence-corrected chi connectivity index (χ4v) is 17.4. The molecule has 0 saturated heterocycles. The highest BCUT2D eigenvalue weighted by Gasteiger charge is 2.35. The van der Waals surface area contributed by atoms with Crippen molar-refractivity contribution in [1.82, 2.24) is 59.2 Å². The first-order chi connectivity index (χ1) is 50.9. The van der Waals surface area contributed by atoms with Crippen molar-refractivity contribution in [3.05, 3.63) is 178 Å². The Labute approximate surface area is 612 Å². The number of aromatic nitrogens is 12. The van der Waals surface area contributed by atoms with E-state index in [9.17, 15) is 56.0 Å². The van der Waals surface area contributed by atoms with Gasteiger partial charge in [0.15, 0.2) is 34.4 Å². The van der Waals surface area contributed by atoms with Crippen LogP contribution in [0, 0.1) is 46.2 Å². The van der Waals surface area contributed by atoms with Crippen molar-refractivity contribution in [2.45, 2.75) is 116 Å². The number of nitrogens with two attached hydrogens (primary N) is 3. The Hall–Kier alpha value is -10.9. The SMILES string of the molecule is N#Cc1ccc(S(=O)(=O)Nc2ccc(-c3nn(C4CCCC4)c4ncnc(N)c34)cc2F)c(Cl)c1.Nc1ncnc2c1c(-c1ccc(NS(=O)(=O)c3cc(C(F)(F)F)ccc3Cl)c(F)c1)nn2C1CCCC1.Nc1ncnc2c1c(-c1ccc(NS(=O)(=O)c3ccc(F)c(F)c3F)c(F)c1)nn2C1CCCC1. The number of alkyl halides is 3. The number of hydrogen-bond donors (Lipinski definition) is 6. The summed E-state index contributed by atoms with van der Waals surface area (Å²) in [6.45, 7) is 0. The molecular formula is C68H56Cl2F9N19O6S3. The smallest absolute Gasteiger partial charge is 0.383 e. The highest BCUT2D eigenvalue weighted by molar-refractivity contribution is 7.93. The number of sulfonamides is 3. The minimum atomic E-state index is -4.79. The van der Waals surface area contributed by atoms with Crippen molar-refractivity contribution >= 4 is 121 Å². The van der Waals surface area contributed by atoms with Crippen molar-refractivity contribution in [2.75, 3.05) is 31.4 Å². The second kappa shape index (κ2) is 29.4. The summed E-state index contributed by atoms with van der Waals surface area (Å²) in [5, 5.41) is 23.7. The van der Waals surface area contributed by atoms with E-state index in [4.69, 9.17) is 50.8 Å². The maximum atomic E-state index is 15.1. The predicted octanol–water partition coefficient (Wildman–Crippen LogP) is 15.0. The van der Waals surface area contributed by atoms with Gasteiger partial charge in [-0.3, -0.25) is 14.2 Å². The number of anilines is 6. The molecule has 0 spiro atoms. The fourth-order valence-electron chi connectivity index (χ4n) is 13.0. The number of nitrogens with zero attached hydrogens (tertiary/aromatic N) is 13. The van der Waals surface area contributed by atoms with Crippen LogP contribution in [-0.2, 0) is 36.2 Å². The molecule has 6 heterocycles.